The van der Waals surface area contributed by atoms with Crippen molar-refractivity contribution in [2.45, 2.75) is 33.0 Å². The highest BCUT2D eigenvalue weighted by atomic mass is 16.7. The van der Waals surface area contributed by atoms with Crippen molar-refractivity contribution >= 4 is 18.0 Å². The summed E-state index contributed by atoms with van der Waals surface area (Å²) in [6, 6.07) is 7.50. The minimum atomic E-state index is -1.30. The van der Waals surface area contributed by atoms with Gasteiger partial charge in [-0.25, -0.2) is 0 Å². The van der Waals surface area contributed by atoms with E-state index in [4.69, 9.17) is 9.47 Å². The number of esters is 2. The highest BCUT2D eigenvalue weighted by Crippen LogP contribution is 2.34. The molecule has 1 saturated heterocycles. The van der Waals surface area contributed by atoms with Crippen molar-refractivity contribution < 1.29 is 19.1 Å². The van der Waals surface area contributed by atoms with Crippen LogP contribution < -0.4 is 0 Å². The molecule has 0 unspecified atom stereocenters. The van der Waals surface area contributed by atoms with Crippen molar-refractivity contribution in [3.8, 4) is 0 Å². The van der Waals surface area contributed by atoms with Gasteiger partial charge in [0.25, 0.3) is 5.79 Å². The van der Waals surface area contributed by atoms with E-state index in [9.17, 15) is 9.59 Å². The molecule has 0 bridgehead atoms. The van der Waals surface area contributed by atoms with Crippen molar-refractivity contribution in [2.75, 3.05) is 0 Å². The molecule has 2 rings (SSSR count). The fraction of sp³-hybridized carbons (Fsp3) is 0.375. The smallest absolute Gasteiger partial charge is 0.326 e. The lowest BCUT2D eigenvalue weighted by Gasteiger charge is -2.38. The van der Waals surface area contributed by atoms with E-state index in [1.54, 1.807) is 26.8 Å². The Balaban J connectivity index is 2.24. The molecule has 0 saturated carbocycles. The summed E-state index contributed by atoms with van der Waals surface area (Å²) in [5, 5.41) is 0. The molecule has 1 aromatic carbocycles. The van der Waals surface area contributed by atoms with Crippen LogP contribution in [0.1, 0.15) is 31.9 Å². The van der Waals surface area contributed by atoms with Gasteiger partial charge < -0.3 is 9.47 Å². The van der Waals surface area contributed by atoms with Gasteiger partial charge in [0.15, 0.2) is 5.41 Å². The van der Waals surface area contributed by atoms with Gasteiger partial charge in [0.2, 0.25) is 0 Å². The van der Waals surface area contributed by atoms with Crippen molar-refractivity contribution in [1.82, 2.24) is 0 Å². The maximum Gasteiger partial charge on any atom is 0.326 e. The summed E-state index contributed by atoms with van der Waals surface area (Å²) in [5.74, 6) is -2.29. The number of ether oxygens (including phenoxy) is 2. The lowest BCUT2D eigenvalue weighted by molar-refractivity contribution is -0.249. The molecule has 0 aliphatic carbocycles. The van der Waals surface area contributed by atoms with Gasteiger partial charge in [0, 0.05) is 13.8 Å². The lowest BCUT2D eigenvalue weighted by atomic mass is 9.82. The van der Waals surface area contributed by atoms with E-state index in [-0.39, 0.29) is 6.42 Å². The molecule has 0 N–H and O–H groups in total. The molecular formula is C16H18O4. The normalized spacial score (nSPS) is 19.9. The molecule has 1 fully saturated rings. The van der Waals surface area contributed by atoms with Crippen LogP contribution >= 0.6 is 0 Å². The Morgan fingerprint density at radius 3 is 2.00 bits per heavy atom. The molecule has 1 heterocycles. The third-order valence-corrected chi connectivity index (χ3v) is 3.35. The number of hydrogen-bond donors (Lipinski definition) is 0. The van der Waals surface area contributed by atoms with E-state index in [0.29, 0.717) is 0 Å². The van der Waals surface area contributed by atoms with Crippen LogP contribution in [0.4, 0.5) is 0 Å². The van der Waals surface area contributed by atoms with Crippen molar-refractivity contribution in [3.63, 3.8) is 0 Å². The van der Waals surface area contributed by atoms with Crippen LogP contribution in [0.3, 0.4) is 0 Å². The Bertz CT molecular complexity index is 534. The summed E-state index contributed by atoms with van der Waals surface area (Å²) in [5.41, 5.74) is 0.547. The van der Waals surface area contributed by atoms with Gasteiger partial charge in [0.1, 0.15) is 0 Å². The summed E-state index contributed by atoms with van der Waals surface area (Å²) in [7, 11) is 0. The molecule has 1 aliphatic rings. The number of benzene rings is 1. The molecule has 106 valence electrons. The minimum Gasteiger partial charge on any atom is -0.422 e. The van der Waals surface area contributed by atoms with Crippen LogP contribution in [-0.4, -0.2) is 17.7 Å². The fourth-order valence-electron chi connectivity index (χ4n) is 2.10. The van der Waals surface area contributed by atoms with Gasteiger partial charge >= 0.3 is 11.9 Å². The Morgan fingerprint density at radius 1 is 1.05 bits per heavy atom. The first-order valence-corrected chi connectivity index (χ1v) is 6.45. The third-order valence-electron chi connectivity index (χ3n) is 3.35. The van der Waals surface area contributed by atoms with E-state index in [1.807, 2.05) is 24.3 Å². The van der Waals surface area contributed by atoms with Crippen molar-refractivity contribution in [2.24, 2.45) is 5.41 Å². The highest BCUT2D eigenvalue weighted by molar-refractivity contribution is 6.01. The second kappa shape index (κ2) is 4.78. The molecule has 0 aromatic heterocycles. The van der Waals surface area contributed by atoms with Gasteiger partial charge in [-0.15, -0.1) is 0 Å². The zero-order chi connectivity index (χ0) is 15.0. The van der Waals surface area contributed by atoms with Crippen LogP contribution in [0, 0.1) is 5.41 Å². The summed E-state index contributed by atoms with van der Waals surface area (Å²) in [6.45, 7) is 8.32. The number of carbonyl (C=O) groups is 2. The van der Waals surface area contributed by atoms with Crippen LogP contribution in [0.5, 0.6) is 0 Å². The van der Waals surface area contributed by atoms with Crippen molar-refractivity contribution in [1.29, 1.82) is 0 Å². The average Bonchev–Trinajstić information content (AvgIpc) is 2.36. The molecule has 0 atom stereocenters. The Labute approximate surface area is 118 Å². The predicted molar refractivity (Wildman–Crippen MR) is 74.6 cm³/mol. The molecule has 0 radical (unpaired) electrons. The monoisotopic (exact) mass is 274 g/mol. The number of cyclic esters (lactones) is 2. The molecule has 1 aromatic rings. The molecular weight excluding hydrogens is 256 g/mol. The molecule has 20 heavy (non-hydrogen) atoms. The highest BCUT2D eigenvalue weighted by Gasteiger charge is 2.52. The number of rotatable bonds is 3. The van der Waals surface area contributed by atoms with Gasteiger partial charge in [-0.3, -0.25) is 9.59 Å². The van der Waals surface area contributed by atoms with Gasteiger partial charge in [-0.05, 0) is 24.5 Å². The second-order valence-corrected chi connectivity index (χ2v) is 5.63. The molecule has 0 spiro atoms. The van der Waals surface area contributed by atoms with Crippen LogP contribution in [0.2, 0.25) is 0 Å². The molecule has 4 nitrogen and oxygen atoms in total. The maximum absolute atomic E-state index is 12.1. The van der Waals surface area contributed by atoms with Gasteiger partial charge in [0.05, 0.1) is 0 Å². The van der Waals surface area contributed by atoms with E-state index in [0.717, 1.165) is 11.1 Å². The minimum absolute atomic E-state index is 0.248. The van der Waals surface area contributed by atoms with E-state index >= 15 is 0 Å². The van der Waals surface area contributed by atoms with E-state index < -0.39 is 23.1 Å². The Hall–Kier alpha value is -2.10. The number of hydrogen-bond acceptors (Lipinski definition) is 4. The largest absolute Gasteiger partial charge is 0.422 e. The third kappa shape index (κ3) is 2.59. The number of carbonyl (C=O) groups excluding carboxylic acids is 2. The zero-order valence-electron chi connectivity index (χ0n) is 11.9. The van der Waals surface area contributed by atoms with E-state index in [1.165, 1.54) is 0 Å². The summed E-state index contributed by atoms with van der Waals surface area (Å²) < 4.78 is 10.4. The lowest BCUT2D eigenvalue weighted by Crippen LogP contribution is -2.53. The molecule has 1 aliphatic heterocycles. The van der Waals surface area contributed by atoms with Crippen LogP contribution in [0.15, 0.2) is 30.8 Å². The standard InChI is InChI=1S/C16H18O4/c1-5-11-6-8-12(9-7-11)10-16(4)13(17)19-15(2,3)20-14(16)18/h5-9H,1,10H2,2-4H3. The maximum atomic E-state index is 12.1. The Kier molecular flexibility index (Phi) is 3.42. The first-order chi connectivity index (χ1) is 9.27. The SMILES string of the molecule is C=Cc1ccc(CC2(C)C(=O)OC(C)(C)OC2=O)cc1. The fourth-order valence-corrected chi connectivity index (χ4v) is 2.10. The quantitative estimate of drug-likeness (QED) is 0.628. The van der Waals surface area contributed by atoms with Gasteiger partial charge in [-0.1, -0.05) is 36.9 Å². The topological polar surface area (TPSA) is 52.6 Å². The van der Waals surface area contributed by atoms with Crippen LogP contribution in [-0.2, 0) is 25.5 Å². The summed E-state index contributed by atoms with van der Waals surface area (Å²) in [6.07, 6.45) is 1.98. The molecule has 4 heteroatoms. The van der Waals surface area contributed by atoms with Crippen molar-refractivity contribution in [3.05, 3.63) is 42.0 Å². The first kappa shape index (κ1) is 14.3. The second-order valence-electron chi connectivity index (χ2n) is 5.63. The van der Waals surface area contributed by atoms with Crippen LogP contribution in [0.25, 0.3) is 6.08 Å². The molecule has 0 amide bonds. The predicted octanol–water partition coefficient (Wildman–Crippen LogP) is 2.71. The zero-order valence-corrected chi connectivity index (χ0v) is 11.9. The first-order valence-electron chi connectivity index (χ1n) is 6.45. The van der Waals surface area contributed by atoms with Gasteiger partial charge in [-0.2, -0.15) is 0 Å². The average molecular weight is 274 g/mol. The Morgan fingerprint density at radius 2 is 1.55 bits per heavy atom. The summed E-state index contributed by atoms with van der Waals surface area (Å²) >= 11 is 0. The van der Waals surface area contributed by atoms with E-state index in [2.05, 4.69) is 6.58 Å². The summed E-state index contributed by atoms with van der Waals surface area (Å²) in [4.78, 5) is 24.3.